The van der Waals surface area contributed by atoms with Crippen molar-refractivity contribution in [1.82, 2.24) is 5.32 Å². The van der Waals surface area contributed by atoms with Crippen molar-refractivity contribution in [3.05, 3.63) is 60.2 Å². The highest BCUT2D eigenvalue weighted by molar-refractivity contribution is 5.96. The van der Waals surface area contributed by atoms with Gasteiger partial charge in [0.15, 0.2) is 0 Å². The van der Waals surface area contributed by atoms with E-state index >= 15 is 0 Å². The van der Waals surface area contributed by atoms with Crippen LogP contribution in [0, 0.1) is 0 Å². The van der Waals surface area contributed by atoms with E-state index in [9.17, 15) is 9.59 Å². The third-order valence-electron chi connectivity index (χ3n) is 4.82. The third kappa shape index (κ3) is 3.50. The number of nitrogens with one attached hydrogen (secondary N) is 2. The summed E-state index contributed by atoms with van der Waals surface area (Å²) in [5.74, 6) is 0.547. The quantitative estimate of drug-likeness (QED) is 0.898. The fourth-order valence-corrected chi connectivity index (χ4v) is 3.43. The Morgan fingerprint density at radius 2 is 1.92 bits per heavy atom. The van der Waals surface area contributed by atoms with Crippen molar-refractivity contribution in [1.29, 1.82) is 0 Å². The van der Waals surface area contributed by atoms with E-state index in [4.69, 9.17) is 0 Å². The van der Waals surface area contributed by atoms with Crippen LogP contribution >= 0.6 is 0 Å². The molecular weight excluding hydrogens is 314 g/mol. The maximum absolute atomic E-state index is 12.2. The Bertz CT molecular complexity index is 791. The van der Waals surface area contributed by atoms with Crippen molar-refractivity contribution in [3.63, 3.8) is 0 Å². The van der Waals surface area contributed by atoms with E-state index in [1.807, 2.05) is 42.5 Å². The molecule has 1 aliphatic heterocycles. The molecule has 2 unspecified atom stereocenters. The molecule has 2 aromatic carbocycles. The van der Waals surface area contributed by atoms with Crippen LogP contribution in [0.25, 0.3) is 0 Å². The van der Waals surface area contributed by atoms with Crippen LogP contribution in [0.5, 0.6) is 0 Å². The van der Waals surface area contributed by atoms with E-state index in [1.54, 1.807) is 4.90 Å². The lowest BCUT2D eigenvalue weighted by Crippen LogP contribution is -2.31. The number of amides is 3. The van der Waals surface area contributed by atoms with Crippen LogP contribution < -0.4 is 15.5 Å². The van der Waals surface area contributed by atoms with Crippen molar-refractivity contribution in [2.24, 2.45) is 0 Å². The van der Waals surface area contributed by atoms with E-state index < -0.39 is 0 Å². The van der Waals surface area contributed by atoms with Crippen molar-refractivity contribution in [3.8, 4) is 0 Å². The number of rotatable bonds is 4. The van der Waals surface area contributed by atoms with Gasteiger partial charge in [0.25, 0.3) is 0 Å². The minimum absolute atomic E-state index is 0.144. The lowest BCUT2D eigenvalue weighted by molar-refractivity contribution is -0.117. The van der Waals surface area contributed by atoms with E-state index in [0.717, 1.165) is 25.1 Å². The summed E-state index contributed by atoms with van der Waals surface area (Å²) in [6, 6.07) is 17.7. The Kier molecular flexibility index (Phi) is 4.14. The number of hydrogen-bond acceptors (Lipinski definition) is 2. The van der Waals surface area contributed by atoms with E-state index in [1.165, 1.54) is 5.56 Å². The predicted octanol–water partition coefficient (Wildman–Crippen LogP) is 3.49. The highest BCUT2D eigenvalue weighted by Gasteiger charge is 2.39. The minimum atomic E-state index is -0.201. The van der Waals surface area contributed by atoms with Gasteiger partial charge in [-0.2, -0.15) is 0 Å². The Morgan fingerprint density at radius 3 is 2.68 bits per heavy atom. The van der Waals surface area contributed by atoms with Crippen LogP contribution in [0.4, 0.5) is 16.2 Å². The van der Waals surface area contributed by atoms with E-state index in [2.05, 4.69) is 22.8 Å². The summed E-state index contributed by atoms with van der Waals surface area (Å²) in [7, 11) is 0. The summed E-state index contributed by atoms with van der Waals surface area (Å²) in [6.07, 6.45) is 2.46. The second kappa shape index (κ2) is 6.59. The molecule has 1 saturated carbocycles. The van der Waals surface area contributed by atoms with Crippen LogP contribution in [0.1, 0.15) is 30.7 Å². The molecule has 2 fully saturated rings. The van der Waals surface area contributed by atoms with Crippen LogP contribution in [-0.4, -0.2) is 24.5 Å². The average Bonchev–Trinajstić information content (AvgIpc) is 3.25. The maximum atomic E-state index is 12.2. The maximum Gasteiger partial charge on any atom is 0.319 e. The third-order valence-corrected chi connectivity index (χ3v) is 4.82. The largest absolute Gasteiger partial charge is 0.334 e. The minimum Gasteiger partial charge on any atom is -0.334 e. The standard InChI is InChI=1S/C20H21N3O2/c24-19-10-5-11-23(19)16-9-4-8-15(12-16)21-20(25)22-18-13-17(18)14-6-2-1-3-7-14/h1-4,6-9,12,17-18H,5,10-11,13H2,(H2,21,22,25). The topological polar surface area (TPSA) is 61.4 Å². The monoisotopic (exact) mass is 335 g/mol. The van der Waals surface area contributed by atoms with Gasteiger partial charge in [0.2, 0.25) is 5.91 Å². The zero-order chi connectivity index (χ0) is 17.2. The molecular formula is C20H21N3O2. The number of hydrogen-bond donors (Lipinski definition) is 2. The van der Waals surface area contributed by atoms with Gasteiger partial charge < -0.3 is 15.5 Å². The molecule has 2 aromatic rings. The van der Waals surface area contributed by atoms with Crippen molar-refractivity contribution in [2.45, 2.75) is 31.2 Å². The van der Waals surface area contributed by atoms with Gasteiger partial charge in [0, 0.05) is 36.3 Å². The first kappa shape index (κ1) is 15.7. The molecule has 2 N–H and O–H groups in total. The molecule has 0 aromatic heterocycles. The van der Waals surface area contributed by atoms with Crippen LogP contribution in [0.15, 0.2) is 54.6 Å². The molecule has 1 heterocycles. The van der Waals surface area contributed by atoms with Gasteiger partial charge >= 0.3 is 6.03 Å². The molecule has 5 nitrogen and oxygen atoms in total. The molecule has 5 heteroatoms. The number of carbonyl (C=O) groups is 2. The van der Waals surface area contributed by atoms with E-state index in [-0.39, 0.29) is 18.0 Å². The Morgan fingerprint density at radius 1 is 1.08 bits per heavy atom. The molecule has 4 rings (SSSR count). The summed E-state index contributed by atoms with van der Waals surface area (Å²) in [5, 5.41) is 5.89. The Hall–Kier alpha value is -2.82. The Balaban J connectivity index is 1.35. The average molecular weight is 335 g/mol. The SMILES string of the molecule is O=C(Nc1cccc(N2CCCC2=O)c1)NC1CC1c1ccccc1. The van der Waals surface area contributed by atoms with Gasteiger partial charge in [-0.05, 0) is 36.6 Å². The predicted molar refractivity (Wildman–Crippen MR) is 97.8 cm³/mol. The summed E-state index contributed by atoms with van der Waals surface area (Å²) in [6.45, 7) is 0.745. The molecule has 128 valence electrons. The van der Waals surface area contributed by atoms with Crippen LogP contribution in [-0.2, 0) is 4.79 Å². The van der Waals surface area contributed by atoms with Crippen molar-refractivity contribution in [2.75, 3.05) is 16.8 Å². The lowest BCUT2D eigenvalue weighted by Gasteiger charge is -2.17. The first-order chi connectivity index (χ1) is 12.2. The second-order valence-corrected chi connectivity index (χ2v) is 6.66. The smallest absolute Gasteiger partial charge is 0.319 e. The molecule has 2 aliphatic rings. The number of urea groups is 1. The molecule has 0 spiro atoms. The summed E-state index contributed by atoms with van der Waals surface area (Å²) < 4.78 is 0. The molecule has 25 heavy (non-hydrogen) atoms. The molecule has 0 bridgehead atoms. The molecule has 0 radical (unpaired) electrons. The van der Waals surface area contributed by atoms with Gasteiger partial charge in [-0.25, -0.2) is 4.79 Å². The van der Waals surface area contributed by atoms with Crippen LogP contribution in [0.2, 0.25) is 0 Å². The van der Waals surface area contributed by atoms with Gasteiger partial charge in [-0.15, -0.1) is 0 Å². The summed E-state index contributed by atoms with van der Waals surface area (Å²) in [4.78, 5) is 25.9. The molecule has 1 saturated heterocycles. The number of benzene rings is 2. The fourth-order valence-electron chi connectivity index (χ4n) is 3.43. The first-order valence-electron chi connectivity index (χ1n) is 8.73. The zero-order valence-electron chi connectivity index (χ0n) is 13.9. The number of anilines is 2. The zero-order valence-corrected chi connectivity index (χ0v) is 13.9. The lowest BCUT2D eigenvalue weighted by atomic mass is 10.1. The summed E-state index contributed by atoms with van der Waals surface area (Å²) in [5.41, 5.74) is 2.81. The highest BCUT2D eigenvalue weighted by atomic mass is 16.2. The van der Waals surface area contributed by atoms with Crippen molar-refractivity contribution < 1.29 is 9.59 Å². The number of nitrogens with zero attached hydrogens (tertiary/aromatic N) is 1. The molecule has 1 aliphatic carbocycles. The molecule has 3 amide bonds. The normalized spacial score (nSPS) is 21.9. The highest BCUT2D eigenvalue weighted by Crippen LogP contribution is 2.40. The first-order valence-corrected chi connectivity index (χ1v) is 8.73. The summed E-state index contributed by atoms with van der Waals surface area (Å²) >= 11 is 0. The second-order valence-electron chi connectivity index (χ2n) is 6.66. The Labute approximate surface area is 147 Å². The molecule has 2 atom stereocenters. The fraction of sp³-hybridized carbons (Fsp3) is 0.300. The van der Waals surface area contributed by atoms with Gasteiger partial charge in [0.1, 0.15) is 0 Å². The van der Waals surface area contributed by atoms with E-state index in [0.29, 0.717) is 18.0 Å². The van der Waals surface area contributed by atoms with Gasteiger partial charge in [-0.3, -0.25) is 4.79 Å². The van der Waals surface area contributed by atoms with Crippen molar-refractivity contribution >= 4 is 23.3 Å². The van der Waals surface area contributed by atoms with Gasteiger partial charge in [0.05, 0.1) is 0 Å². The number of carbonyl (C=O) groups excluding carboxylic acids is 2. The van der Waals surface area contributed by atoms with Crippen LogP contribution in [0.3, 0.4) is 0 Å². The van der Waals surface area contributed by atoms with Gasteiger partial charge in [-0.1, -0.05) is 36.4 Å².